The molecule has 0 fully saturated rings. The van der Waals surface area contributed by atoms with Crippen molar-refractivity contribution in [3.8, 4) is 0 Å². The predicted octanol–water partition coefficient (Wildman–Crippen LogP) is 11.0. The summed E-state index contributed by atoms with van der Waals surface area (Å²) in [6.07, 6.45) is 4.37. The van der Waals surface area contributed by atoms with Gasteiger partial charge in [0.05, 0.1) is 19.5 Å². The number of benzene rings is 4. The summed E-state index contributed by atoms with van der Waals surface area (Å²) in [6.45, 7) is 4.42. The van der Waals surface area contributed by atoms with Gasteiger partial charge in [-0.15, -0.1) is 22.7 Å². The average molecular weight is 645 g/mol. The number of hydrogen-bond acceptors (Lipinski definition) is 6. The van der Waals surface area contributed by atoms with Crippen LogP contribution in [0.25, 0.3) is 43.1 Å². The van der Waals surface area contributed by atoms with Gasteiger partial charge in [0.1, 0.15) is 0 Å². The van der Waals surface area contributed by atoms with E-state index in [-0.39, 0.29) is 0 Å². The Labute approximate surface area is 273 Å². The molecule has 2 aliphatic rings. The lowest BCUT2D eigenvalue weighted by molar-refractivity contribution is 1.55. The summed E-state index contributed by atoms with van der Waals surface area (Å²) in [5.41, 5.74) is 8.76. The third-order valence-electron chi connectivity index (χ3n) is 8.24. The van der Waals surface area contributed by atoms with E-state index < -0.39 is 0 Å². The zero-order chi connectivity index (χ0) is 28.9. The van der Waals surface area contributed by atoms with Crippen LogP contribution in [-0.4, -0.2) is 19.5 Å². The van der Waals surface area contributed by atoms with E-state index in [9.17, 15) is 0 Å². The second-order valence-corrected chi connectivity index (χ2v) is 14.6. The second-order valence-electron chi connectivity index (χ2n) is 10.8. The Morgan fingerprint density at radius 3 is 1.14 bits per heavy atom. The molecule has 6 heteroatoms. The Hall–Kier alpha value is -3.10. The predicted molar refractivity (Wildman–Crippen MR) is 200 cm³/mol. The summed E-state index contributed by atoms with van der Waals surface area (Å²) in [7, 11) is 0. The third-order valence-corrected chi connectivity index (χ3v) is 12.2. The van der Waals surface area contributed by atoms with Crippen molar-refractivity contribution in [2.45, 2.75) is 13.8 Å². The van der Waals surface area contributed by atoms with Crippen molar-refractivity contribution in [3.05, 3.63) is 127 Å². The fourth-order valence-corrected chi connectivity index (χ4v) is 10.0. The molecular formula is C36H20S6. The summed E-state index contributed by atoms with van der Waals surface area (Å²) in [6, 6.07) is 25.6. The Balaban J connectivity index is 1.26. The molecule has 0 saturated carbocycles. The zero-order valence-electron chi connectivity index (χ0n) is 22.5. The normalized spacial score (nSPS) is 14.5. The van der Waals surface area contributed by atoms with E-state index in [1.54, 1.807) is 0 Å². The monoisotopic (exact) mass is 644 g/mol. The van der Waals surface area contributed by atoms with Crippen LogP contribution in [0.3, 0.4) is 0 Å². The van der Waals surface area contributed by atoms with E-state index in [0.29, 0.717) is 0 Å². The van der Waals surface area contributed by atoms with Gasteiger partial charge in [0.2, 0.25) is 0 Å². The fourth-order valence-electron chi connectivity index (χ4n) is 6.16. The first-order valence-electron chi connectivity index (χ1n) is 13.5. The van der Waals surface area contributed by atoms with Crippen LogP contribution < -0.4 is 0 Å². The van der Waals surface area contributed by atoms with E-state index >= 15 is 0 Å². The fraction of sp³-hybridized carbons (Fsp3) is 0.0556. The minimum Gasteiger partial charge on any atom is -0.135 e. The number of allylic oxidation sites excluding steroid dienone is 2. The van der Waals surface area contributed by atoms with E-state index in [0.717, 1.165) is 52.9 Å². The quantitative estimate of drug-likeness (QED) is 0.136. The highest BCUT2D eigenvalue weighted by molar-refractivity contribution is 7.84. The number of aryl methyl sites for hydroxylation is 2. The standard InChI is InChI=1S/C36H20S6/c1-17-11-27-28(35-25(17)13-19(41-35)15-29-31(37)21-7-3-4-8-22(21)32(29)38)12-18(2)26-14-20(42-36(26)27)16-30-33(39)23-9-5-6-10-24(23)34(30)40/h3-16H,1-2H3. The maximum absolute atomic E-state index is 5.84. The molecule has 0 spiro atoms. The number of thiophene rings is 2. The number of hydrogen-bond donors (Lipinski definition) is 0. The van der Waals surface area contributed by atoms with Gasteiger partial charge >= 0.3 is 0 Å². The molecule has 2 heterocycles. The molecule has 8 rings (SSSR count). The maximum Gasteiger partial charge on any atom is 0.0543 e. The molecule has 0 atom stereocenters. The lowest BCUT2D eigenvalue weighted by atomic mass is 9.99. The SMILES string of the molecule is Cc1cc2c(cc(C)c3cc(C=C4C(=S)c5ccccc5C4=S)sc32)c2sc(C=C3C(=S)c4ccccc4C3=S)cc12. The van der Waals surface area contributed by atoms with Crippen molar-refractivity contribution in [3.63, 3.8) is 0 Å². The Kier molecular flexibility index (Phi) is 6.13. The third kappa shape index (κ3) is 3.87. The summed E-state index contributed by atoms with van der Waals surface area (Å²) in [4.78, 5) is 5.72. The highest BCUT2D eigenvalue weighted by Gasteiger charge is 2.27. The topological polar surface area (TPSA) is 0 Å². The van der Waals surface area contributed by atoms with Crippen LogP contribution in [0.1, 0.15) is 43.1 Å². The molecule has 0 amide bonds. The average Bonchev–Trinajstić information content (AvgIpc) is 3.73. The van der Waals surface area contributed by atoms with Crippen LogP contribution in [0, 0.1) is 13.8 Å². The lowest BCUT2D eigenvalue weighted by Crippen LogP contribution is -1.97. The number of thiocarbonyl (C=S) groups is 4. The van der Waals surface area contributed by atoms with Crippen molar-refractivity contribution >= 4 is 134 Å². The minimum absolute atomic E-state index is 0.844. The van der Waals surface area contributed by atoms with Gasteiger partial charge in [-0.3, -0.25) is 0 Å². The van der Waals surface area contributed by atoms with Gasteiger partial charge in [0, 0.05) is 63.3 Å². The second kappa shape index (κ2) is 9.71. The molecule has 0 N–H and O–H groups in total. The van der Waals surface area contributed by atoms with Crippen LogP contribution in [0.2, 0.25) is 0 Å². The van der Waals surface area contributed by atoms with Crippen LogP contribution in [0.5, 0.6) is 0 Å². The first-order chi connectivity index (χ1) is 20.3. The molecule has 0 nitrogen and oxygen atoms in total. The Bertz CT molecular complexity index is 2100. The van der Waals surface area contributed by atoms with Crippen LogP contribution in [-0.2, 0) is 0 Å². The first-order valence-corrected chi connectivity index (χ1v) is 16.8. The molecule has 6 aromatic rings. The molecule has 0 saturated heterocycles. The summed E-state index contributed by atoms with van der Waals surface area (Å²) in [5.74, 6) is 0. The summed E-state index contributed by atoms with van der Waals surface area (Å²) in [5, 5.41) is 5.14. The highest BCUT2D eigenvalue weighted by Crippen LogP contribution is 2.43. The van der Waals surface area contributed by atoms with Crippen molar-refractivity contribution in [1.29, 1.82) is 0 Å². The van der Waals surface area contributed by atoms with Crippen molar-refractivity contribution in [2.75, 3.05) is 0 Å². The van der Waals surface area contributed by atoms with Gasteiger partial charge < -0.3 is 0 Å². The van der Waals surface area contributed by atoms with E-state index in [4.69, 9.17) is 48.9 Å². The van der Waals surface area contributed by atoms with Crippen molar-refractivity contribution in [1.82, 2.24) is 0 Å². The van der Waals surface area contributed by atoms with Crippen molar-refractivity contribution < 1.29 is 0 Å². The summed E-state index contributed by atoms with van der Waals surface area (Å²) >= 11 is 27.0. The van der Waals surface area contributed by atoms with Crippen LogP contribution in [0.15, 0.2) is 83.9 Å². The van der Waals surface area contributed by atoms with Crippen LogP contribution >= 0.6 is 71.5 Å². The maximum atomic E-state index is 5.84. The van der Waals surface area contributed by atoms with E-state index in [1.165, 1.54) is 51.8 Å². The molecule has 200 valence electrons. The molecule has 0 bridgehead atoms. The lowest BCUT2D eigenvalue weighted by Gasteiger charge is -2.07. The van der Waals surface area contributed by atoms with E-state index in [1.807, 2.05) is 46.9 Å². The van der Waals surface area contributed by atoms with Crippen LogP contribution in [0.4, 0.5) is 0 Å². The molecule has 0 unspecified atom stereocenters. The van der Waals surface area contributed by atoms with Gasteiger partial charge in [-0.05, 0) is 72.2 Å². The molecule has 2 aliphatic carbocycles. The van der Waals surface area contributed by atoms with Gasteiger partial charge in [-0.25, -0.2) is 0 Å². The summed E-state index contributed by atoms with van der Waals surface area (Å²) < 4.78 is 2.60. The molecule has 0 aliphatic heterocycles. The van der Waals surface area contributed by atoms with Crippen molar-refractivity contribution in [2.24, 2.45) is 0 Å². The van der Waals surface area contributed by atoms with Gasteiger partial charge in [-0.2, -0.15) is 0 Å². The smallest absolute Gasteiger partial charge is 0.0543 e. The molecule has 42 heavy (non-hydrogen) atoms. The number of fused-ring (bicyclic) bond motifs is 7. The Morgan fingerprint density at radius 1 is 0.476 bits per heavy atom. The molecule has 4 aromatic carbocycles. The zero-order valence-corrected chi connectivity index (χ0v) is 27.4. The minimum atomic E-state index is 0.844. The van der Waals surface area contributed by atoms with Gasteiger partial charge in [0.25, 0.3) is 0 Å². The Morgan fingerprint density at radius 2 is 0.810 bits per heavy atom. The highest BCUT2D eigenvalue weighted by atomic mass is 32.1. The molecular weight excluding hydrogens is 625 g/mol. The number of rotatable bonds is 2. The van der Waals surface area contributed by atoms with E-state index in [2.05, 4.69) is 74.5 Å². The van der Waals surface area contributed by atoms with Gasteiger partial charge in [-0.1, -0.05) is 97.4 Å². The molecule has 0 radical (unpaired) electrons. The van der Waals surface area contributed by atoms with Gasteiger partial charge in [0.15, 0.2) is 0 Å². The first kappa shape index (κ1) is 26.5. The molecule has 2 aromatic heterocycles. The largest absolute Gasteiger partial charge is 0.135 e.